The van der Waals surface area contributed by atoms with Crippen LogP contribution in [0.15, 0.2) is 0 Å². The Balaban J connectivity index is 3.64. The van der Waals surface area contributed by atoms with E-state index in [9.17, 15) is 9.59 Å². The number of carbonyl (C=O) groups is 2. The van der Waals surface area contributed by atoms with Crippen LogP contribution in [0.3, 0.4) is 0 Å². The summed E-state index contributed by atoms with van der Waals surface area (Å²) in [6, 6.07) is 0. The van der Waals surface area contributed by atoms with E-state index in [0.29, 0.717) is 25.4 Å². The van der Waals surface area contributed by atoms with E-state index in [4.69, 9.17) is 0 Å². The highest BCUT2D eigenvalue weighted by atomic mass is 16.2. The molecule has 4 nitrogen and oxygen atoms in total. The van der Waals surface area contributed by atoms with Gasteiger partial charge in [-0.3, -0.25) is 9.59 Å². The Morgan fingerprint density at radius 3 is 2.00 bits per heavy atom. The number of carbonyl (C=O) groups excluding carboxylic acids is 2. The maximum atomic E-state index is 11.6. The number of amides is 2. The van der Waals surface area contributed by atoms with Gasteiger partial charge < -0.3 is 10.6 Å². The van der Waals surface area contributed by atoms with Gasteiger partial charge in [-0.2, -0.15) is 0 Å². The summed E-state index contributed by atoms with van der Waals surface area (Å²) in [5, 5.41) is 5.63. The van der Waals surface area contributed by atoms with Crippen molar-refractivity contribution in [2.45, 2.75) is 47.0 Å². The van der Waals surface area contributed by atoms with Crippen LogP contribution in [0.25, 0.3) is 0 Å². The van der Waals surface area contributed by atoms with Crippen LogP contribution in [0.5, 0.6) is 0 Å². The quantitative estimate of drug-likeness (QED) is 0.636. The first-order valence-electron chi connectivity index (χ1n) is 6.55. The lowest BCUT2D eigenvalue weighted by Crippen LogP contribution is -2.37. The molecule has 0 bridgehead atoms. The van der Waals surface area contributed by atoms with Crippen molar-refractivity contribution in [2.75, 3.05) is 13.1 Å². The Morgan fingerprint density at radius 2 is 1.53 bits per heavy atom. The zero-order valence-electron chi connectivity index (χ0n) is 11.5. The van der Waals surface area contributed by atoms with Crippen LogP contribution in [0.1, 0.15) is 47.0 Å². The van der Waals surface area contributed by atoms with Crippen LogP contribution < -0.4 is 10.6 Å². The fourth-order valence-corrected chi connectivity index (χ4v) is 1.63. The molecule has 0 fully saturated rings. The number of hydrogen-bond acceptors (Lipinski definition) is 2. The molecule has 0 aromatic rings. The zero-order valence-corrected chi connectivity index (χ0v) is 11.5. The second kappa shape index (κ2) is 9.02. The van der Waals surface area contributed by atoms with Crippen molar-refractivity contribution in [3.05, 3.63) is 0 Å². The molecule has 0 saturated heterocycles. The lowest BCUT2D eigenvalue weighted by molar-refractivity contribution is -0.126. The van der Waals surface area contributed by atoms with Gasteiger partial charge >= 0.3 is 0 Å². The number of hydrogen-bond donors (Lipinski definition) is 2. The molecule has 17 heavy (non-hydrogen) atoms. The predicted octanol–water partition coefficient (Wildman–Crippen LogP) is 1.70. The third-order valence-electron chi connectivity index (χ3n) is 2.70. The summed E-state index contributed by atoms with van der Waals surface area (Å²) in [5.41, 5.74) is 0. The molecule has 0 rings (SSSR count). The van der Waals surface area contributed by atoms with Crippen molar-refractivity contribution in [2.24, 2.45) is 11.8 Å². The normalized spacial score (nSPS) is 10.7. The molecule has 4 heteroatoms. The summed E-state index contributed by atoms with van der Waals surface area (Å²) in [5.74, 6) is 0.611. The van der Waals surface area contributed by atoms with Gasteiger partial charge in [0.05, 0.1) is 0 Å². The maximum absolute atomic E-state index is 11.6. The Labute approximate surface area is 105 Å². The molecule has 0 spiro atoms. The van der Waals surface area contributed by atoms with Gasteiger partial charge in [-0.05, 0) is 18.8 Å². The monoisotopic (exact) mass is 242 g/mol. The molecular weight excluding hydrogens is 216 g/mol. The molecule has 2 amide bonds. The lowest BCUT2D eigenvalue weighted by atomic mass is 10.0. The van der Waals surface area contributed by atoms with E-state index in [-0.39, 0.29) is 17.7 Å². The first-order valence-corrected chi connectivity index (χ1v) is 6.55. The summed E-state index contributed by atoms with van der Waals surface area (Å²) < 4.78 is 0. The van der Waals surface area contributed by atoms with Crippen molar-refractivity contribution < 1.29 is 9.59 Å². The van der Waals surface area contributed by atoms with E-state index in [1.54, 1.807) is 0 Å². The van der Waals surface area contributed by atoms with Gasteiger partial charge in [-0.1, -0.05) is 27.7 Å². The van der Waals surface area contributed by atoms with Crippen molar-refractivity contribution in [3.63, 3.8) is 0 Å². The van der Waals surface area contributed by atoms with Gasteiger partial charge in [0.1, 0.15) is 0 Å². The fourth-order valence-electron chi connectivity index (χ4n) is 1.63. The molecule has 0 unspecified atom stereocenters. The highest BCUT2D eigenvalue weighted by Crippen LogP contribution is 2.06. The van der Waals surface area contributed by atoms with Crippen molar-refractivity contribution in [3.8, 4) is 0 Å². The molecule has 0 aliphatic carbocycles. The molecule has 0 aliphatic rings. The second-order valence-corrected chi connectivity index (χ2v) is 4.75. The van der Waals surface area contributed by atoms with E-state index in [1.165, 1.54) is 0 Å². The van der Waals surface area contributed by atoms with Gasteiger partial charge in [0, 0.05) is 25.4 Å². The number of rotatable bonds is 8. The third kappa shape index (κ3) is 7.77. The topological polar surface area (TPSA) is 58.2 Å². The summed E-state index contributed by atoms with van der Waals surface area (Å²) >= 11 is 0. The molecule has 0 aromatic carbocycles. The average Bonchev–Trinajstić information content (AvgIpc) is 2.25. The highest BCUT2D eigenvalue weighted by Gasteiger charge is 2.12. The summed E-state index contributed by atoms with van der Waals surface area (Å²) in [4.78, 5) is 22.9. The Bertz CT molecular complexity index is 236. The van der Waals surface area contributed by atoms with Gasteiger partial charge in [-0.25, -0.2) is 0 Å². The van der Waals surface area contributed by atoms with Gasteiger partial charge in [0.15, 0.2) is 0 Å². The first kappa shape index (κ1) is 15.9. The fraction of sp³-hybridized carbons (Fsp3) is 0.846. The van der Waals surface area contributed by atoms with Crippen LogP contribution in [-0.2, 0) is 9.59 Å². The standard InChI is InChI=1S/C13H26N2O2/c1-5-11(6-2)13(17)15-8-7-14-12(16)9-10(3)4/h10-11H,5-9H2,1-4H3,(H,14,16)(H,15,17). The van der Waals surface area contributed by atoms with Crippen LogP contribution in [0.2, 0.25) is 0 Å². The van der Waals surface area contributed by atoms with Crippen LogP contribution in [-0.4, -0.2) is 24.9 Å². The molecule has 0 atom stereocenters. The molecular formula is C13H26N2O2. The van der Waals surface area contributed by atoms with Gasteiger partial charge in [0.2, 0.25) is 11.8 Å². The molecule has 2 N–H and O–H groups in total. The van der Waals surface area contributed by atoms with Crippen molar-refractivity contribution in [1.29, 1.82) is 0 Å². The minimum absolute atomic E-state index is 0.0526. The minimum Gasteiger partial charge on any atom is -0.354 e. The zero-order chi connectivity index (χ0) is 13.3. The molecule has 0 radical (unpaired) electrons. The Morgan fingerprint density at radius 1 is 1.00 bits per heavy atom. The van der Waals surface area contributed by atoms with E-state index in [0.717, 1.165) is 12.8 Å². The number of nitrogens with one attached hydrogen (secondary N) is 2. The summed E-state index contributed by atoms with van der Waals surface area (Å²) in [7, 11) is 0. The third-order valence-corrected chi connectivity index (χ3v) is 2.70. The predicted molar refractivity (Wildman–Crippen MR) is 69.5 cm³/mol. The molecule has 100 valence electrons. The van der Waals surface area contributed by atoms with Gasteiger partial charge in [-0.15, -0.1) is 0 Å². The summed E-state index contributed by atoms with van der Waals surface area (Å²) in [6.07, 6.45) is 2.27. The molecule has 0 aliphatic heterocycles. The SMILES string of the molecule is CCC(CC)C(=O)NCCNC(=O)CC(C)C. The van der Waals surface area contributed by atoms with Crippen molar-refractivity contribution >= 4 is 11.8 Å². The van der Waals surface area contributed by atoms with Crippen LogP contribution in [0.4, 0.5) is 0 Å². The van der Waals surface area contributed by atoms with E-state index < -0.39 is 0 Å². The largest absolute Gasteiger partial charge is 0.354 e. The van der Waals surface area contributed by atoms with Crippen LogP contribution >= 0.6 is 0 Å². The highest BCUT2D eigenvalue weighted by molar-refractivity contribution is 5.78. The molecule has 0 heterocycles. The molecule has 0 saturated carbocycles. The maximum Gasteiger partial charge on any atom is 0.223 e. The van der Waals surface area contributed by atoms with E-state index in [2.05, 4.69) is 10.6 Å². The Hall–Kier alpha value is -1.06. The Kier molecular flexibility index (Phi) is 8.46. The molecule has 0 aromatic heterocycles. The smallest absolute Gasteiger partial charge is 0.223 e. The van der Waals surface area contributed by atoms with Crippen LogP contribution in [0, 0.1) is 11.8 Å². The van der Waals surface area contributed by atoms with Gasteiger partial charge in [0.25, 0.3) is 0 Å². The summed E-state index contributed by atoms with van der Waals surface area (Å²) in [6.45, 7) is 9.07. The van der Waals surface area contributed by atoms with Crippen molar-refractivity contribution in [1.82, 2.24) is 10.6 Å². The second-order valence-electron chi connectivity index (χ2n) is 4.75. The first-order chi connectivity index (χ1) is 8.01. The van der Waals surface area contributed by atoms with E-state index >= 15 is 0 Å². The average molecular weight is 242 g/mol. The minimum atomic E-state index is 0.0526. The lowest BCUT2D eigenvalue weighted by Gasteiger charge is -2.13. The van der Waals surface area contributed by atoms with E-state index in [1.807, 2.05) is 27.7 Å².